The van der Waals surface area contributed by atoms with Crippen molar-refractivity contribution in [3.05, 3.63) is 25.3 Å². The van der Waals surface area contributed by atoms with Crippen LogP contribution in [-0.4, -0.2) is 12.1 Å². The highest BCUT2D eigenvalue weighted by molar-refractivity contribution is 6.00. The van der Waals surface area contributed by atoms with Crippen molar-refractivity contribution in [3.8, 4) is 0 Å². The summed E-state index contributed by atoms with van der Waals surface area (Å²) in [5.41, 5.74) is 0. The Morgan fingerprint density at radius 2 is 2.20 bits per heavy atom. The zero-order chi connectivity index (χ0) is 7.98. The van der Waals surface area contributed by atoms with Gasteiger partial charge >= 0.3 is 0 Å². The standard InChI is InChI=1S/C8H9O2/c1-3-5-7(6-9)8(10)4-2/h3-4,7H,1-2,5H2. The molecule has 0 aromatic carbocycles. The molecule has 1 radical (unpaired) electrons. The fourth-order valence-corrected chi connectivity index (χ4v) is 0.531. The molecule has 0 heterocycles. The van der Waals surface area contributed by atoms with Crippen LogP contribution in [0.15, 0.2) is 25.3 Å². The Bertz CT molecular complexity index is 159. The SMILES string of the molecule is C=CCC([C]=O)C(=O)C=C. The van der Waals surface area contributed by atoms with E-state index in [4.69, 9.17) is 0 Å². The maximum absolute atomic E-state index is 10.7. The Balaban J connectivity index is 4.04. The molecule has 2 heteroatoms. The highest BCUT2D eigenvalue weighted by Gasteiger charge is 2.12. The molecule has 10 heavy (non-hydrogen) atoms. The first-order valence-electron chi connectivity index (χ1n) is 2.91. The van der Waals surface area contributed by atoms with E-state index in [-0.39, 0.29) is 5.78 Å². The normalized spacial score (nSPS) is 11.6. The molecule has 2 nitrogen and oxygen atoms in total. The van der Waals surface area contributed by atoms with E-state index in [1.807, 2.05) is 0 Å². The highest BCUT2D eigenvalue weighted by atomic mass is 16.1. The fraction of sp³-hybridized carbons (Fsp3) is 0.250. The summed E-state index contributed by atoms with van der Waals surface area (Å²) in [6.07, 6.45) is 4.59. The molecule has 0 fully saturated rings. The van der Waals surface area contributed by atoms with E-state index in [9.17, 15) is 9.59 Å². The van der Waals surface area contributed by atoms with Gasteiger partial charge in [-0.1, -0.05) is 12.7 Å². The number of hydrogen-bond donors (Lipinski definition) is 0. The van der Waals surface area contributed by atoms with Crippen molar-refractivity contribution >= 4 is 12.1 Å². The molecular weight excluding hydrogens is 128 g/mol. The first-order valence-corrected chi connectivity index (χ1v) is 2.91. The van der Waals surface area contributed by atoms with E-state index in [2.05, 4.69) is 13.2 Å². The maximum atomic E-state index is 10.7. The summed E-state index contributed by atoms with van der Waals surface area (Å²) in [6, 6.07) is 0. The summed E-state index contributed by atoms with van der Waals surface area (Å²) in [5.74, 6) is -0.995. The lowest BCUT2D eigenvalue weighted by molar-refractivity contribution is -0.116. The summed E-state index contributed by atoms with van der Waals surface area (Å²) >= 11 is 0. The fourth-order valence-electron chi connectivity index (χ4n) is 0.531. The maximum Gasteiger partial charge on any atom is 0.210 e. The molecule has 0 aliphatic carbocycles. The molecule has 0 N–H and O–H groups in total. The van der Waals surface area contributed by atoms with E-state index in [0.29, 0.717) is 6.42 Å². The minimum atomic E-state index is -0.699. The number of ketones is 1. The van der Waals surface area contributed by atoms with Crippen LogP contribution in [0.3, 0.4) is 0 Å². The smallest absolute Gasteiger partial charge is 0.210 e. The lowest BCUT2D eigenvalue weighted by atomic mass is 10.0. The summed E-state index contributed by atoms with van der Waals surface area (Å²) in [6.45, 7) is 6.65. The first kappa shape index (κ1) is 8.82. The van der Waals surface area contributed by atoms with Gasteiger partial charge in [-0.15, -0.1) is 6.58 Å². The van der Waals surface area contributed by atoms with Crippen LogP contribution in [0.1, 0.15) is 6.42 Å². The Morgan fingerprint density at radius 1 is 1.60 bits per heavy atom. The Labute approximate surface area is 60.2 Å². The molecule has 0 rings (SSSR count). The lowest BCUT2D eigenvalue weighted by Gasteiger charge is -1.98. The molecular formula is C8H9O2. The van der Waals surface area contributed by atoms with Crippen molar-refractivity contribution in [2.24, 2.45) is 5.92 Å². The second-order valence-electron chi connectivity index (χ2n) is 1.80. The van der Waals surface area contributed by atoms with Crippen LogP contribution in [0.2, 0.25) is 0 Å². The molecule has 0 aromatic heterocycles. The summed E-state index contributed by atoms with van der Waals surface area (Å²) < 4.78 is 0. The predicted molar refractivity (Wildman–Crippen MR) is 39.2 cm³/mol. The van der Waals surface area contributed by atoms with Crippen molar-refractivity contribution < 1.29 is 9.59 Å². The van der Waals surface area contributed by atoms with Crippen molar-refractivity contribution in [1.82, 2.24) is 0 Å². The molecule has 53 valence electrons. The lowest BCUT2D eigenvalue weighted by Crippen LogP contribution is -2.11. The Morgan fingerprint density at radius 3 is 2.50 bits per heavy atom. The van der Waals surface area contributed by atoms with Crippen LogP contribution in [-0.2, 0) is 9.59 Å². The largest absolute Gasteiger partial charge is 0.294 e. The van der Waals surface area contributed by atoms with Crippen molar-refractivity contribution in [2.45, 2.75) is 6.42 Å². The third kappa shape index (κ3) is 2.40. The zero-order valence-corrected chi connectivity index (χ0v) is 5.67. The minimum Gasteiger partial charge on any atom is -0.294 e. The van der Waals surface area contributed by atoms with E-state index >= 15 is 0 Å². The molecule has 0 saturated heterocycles. The quantitative estimate of drug-likeness (QED) is 0.322. The summed E-state index contributed by atoms with van der Waals surface area (Å²) in [5, 5.41) is 0. The van der Waals surface area contributed by atoms with Gasteiger partial charge in [-0.25, -0.2) is 0 Å². The molecule has 0 aliphatic heterocycles. The van der Waals surface area contributed by atoms with Crippen LogP contribution < -0.4 is 0 Å². The molecule has 0 bridgehead atoms. The molecule has 0 aliphatic rings. The molecule has 1 atom stereocenters. The Kier molecular flexibility index (Phi) is 4.12. The minimum absolute atomic E-state index is 0.296. The van der Waals surface area contributed by atoms with Crippen LogP contribution in [0.5, 0.6) is 0 Å². The van der Waals surface area contributed by atoms with Gasteiger partial charge in [-0.2, -0.15) is 0 Å². The van der Waals surface area contributed by atoms with Gasteiger partial charge in [0.1, 0.15) is 0 Å². The number of hydrogen-bond acceptors (Lipinski definition) is 2. The van der Waals surface area contributed by atoms with Crippen molar-refractivity contribution in [1.29, 1.82) is 0 Å². The Hall–Kier alpha value is -1.18. The van der Waals surface area contributed by atoms with Crippen LogP contribution in [0, 0.1) is 5.92 Å². The van der Waals surface area contributed by atoms with Gasteiger partial charge in [-0.3, -0.25) is 9.59 Å². The number of allylic oxidation sites excluding steroid dienone is 2. The van der Waals surface area contributed by atoms with Gasteiger partial charge < -0.3 is 0 Å². The molecule has 0 amide bonds. The third-order valence-corrected chi connectivity index (χ3v) is 1.09. The summed E-state index contributed by atoms with van der Waals surface area (Å²) in [4.78, 5) is 20.8. The van der Waals surface area contributed by atoms with Gasteiger partial charge in [0, 0.05) is 0 Å². The van der Waals surface area contributed by atoms with Crippen molar-refractivity contribution in [2.75, 3.05) is 0 Å². The van der Waals surface area contributed by atoms with E-state index in [0.717, 1.165) is 6.08 Å². The van der Waals surface area contributed by atoms with Crippen LogP contribution in [0.25, 0.3) is 0 Å². The van der Waals surface area contributed by atoms with Gasteiger partial charge in [0.05, 0.1) is 5.92 Å². The molecule has 0 spiro atoms. The number of rotatable bonds is 5. The molecule has 1 unspecified atom stereocenters. The average Bonchev–Trinajstić information content (AvgIpc) is 1.99. The van der Waals surface area contributed by atoms with Crippen molar-refractivity contribution in [3.63, 3.8) is 0 Å². The van der Waals surface area contributed by atoms with Gasteiger partial charge in [0.2, 0.25) is 6.29 Å². The molecule has 0 saturated carbocycles. The second-order valence-corrected chi connectivity index (χ2v) is 1.80. The zero-order valence-electron chi connectivity index (χ0n) is 5.67. The average molecular weight is 137 g/mol. The second kappa shape index (κ2) is 4.68. The van der Waals surface area contributed by atoms with E-state index in [1.165, 1.54) is 6.08 Å². The highest BCUT2D eigenvalue weighted by Crippen LogP contribution is 2.01. The number of carbonyl (C=O) groups excluding carboxylic acids is 2. The van der Waals surface area contributed by atoms with E-state index < -0.39 is 5.92 Å². The number of carbonyl (C=O) groups is 1. The third-order valence-electron chi connectivity index (χ3n) is 1.09. The summed E-state index contributed by atoms with van der Waals surface area (Å²) in [7, 11) is 0. The van der Waals surface area contributed by atoms with Gasteiger partial charge in [0.15, 0.2) is 5.78 Å². The first-order chi connectivity index (χ1) is 4.76. The van der Waals surface area contributed by atoms with Gasteiger partial charge in [-0.05, 0) is 12.5 Å². The van der Waals surface area contributed by atoms with Crippen LogP contribution >= 0.6 is 0 Å². The molecule has 0 aromatic rings. The monoisotopic (exact) mass is 137 g/mol. The topological polar surface area (TPSA) is 34.1 Å². The van der Waals surface area contributed by atoms with E-state index in [1.54, 1.807) is 6.29 Å². The van der Waals surface area contributed by atoms with Gasteiger partial charge in [0.25, 0.3) is 0 Å². The predicted octanol–water partition coefficient (Wildman–Crippen LogP) is 1.04. The van der Waals surface area contributed by atoms with Crippen LogP contribution in [0.4, 0.5) is 0 Å².